The molecule has 1 heterocycles. The molecule has 0 N–H and O–H groups in total. The van der Waals surface area contributed by atoms with Crippen LogP contribution in [0, 0.1) is 5.82 Å². The maximum absolute atomic E-state index is 14.2. The van der Waals surface area contributed by atoms with Crippen LogP contribution in [0.4, 0.5) is 15.9 Å². The number of halogens is 1. The summed E-state index contributed by atoms with van der Waals surface area (Å²) in [5, 5.41) is 0. The fraction of sp³-hybridized carbons (Fsp3) is 0.375. The molecule has 2 rings (SSSR count). The molecule has 0 atom stereocenters. The van der Waals surface area contributed by atoms with Crippen molar-refractivity contribution in [2.45, 2.75) is 19.9 Å². The molecule has 0 radical (unpaired) electrons. The SMILES string of the molecule is CCc1ncnc(N(C)Cc2ccc(N(C)C)cc2)c1F. The van der Waals surface area contributed by atoms with Gasteiger partial charge in [-0.3, -0.25) is 0 Å². The Labute approximate surface area is 125 Å². The zero-order chi connectivity index (χ0) is 15.4. The van der Waals surface area contributed by atoms with E-state index in [9.17, 15) is 4.39 Å². The molecule has 0 fully saturated rings. The van der Waals surface area contributed by atoms with Gasteiger partial charge in [0.2, 0.25) is 0 Å². The molecule has 112 valence electrons. The summed E-state index contributed by atoms with van der Waals surface area (Å²) in [7, 11) is 5.85. The smallest absolute Gasteiger partial charge is 0.187 e. The molecule has 2 aromatic rings. The molecule has 0 spiro atoms. The number of aryl methyl sites for hydroxylation is 1. The summed E-state index contributed by atoms with van der Waals surface area (Å²) in [6, 6.07) is 8.20. The van der Waals surface area contributed by atoms with Crippen molar-refractivity contribution in [1.82, 2.24) is 9.97 Å². The number of rotatable bonds is 5. The third-order valence-corrected chi connectivity index (χ3v) is 3.41. The maximum atomic E-state index is 14.2. The highest BCUT2D eigenvalue weighted by Crippen LogP contribution is 2.20. The Morgan fingerprint density at radius 1 is 1.05 bits per heavy atom. The van der Waals surface area contributed by atoms with Gasteiger partial charge in [-0.1, -0.05) is 19.1 Å². The van der Waals surface area contributed by atoms with E-state index < -0.39 is 0 Å². The topological polar surface area (TPSA) is 32.3 Å². The van der Waals surface area contributed by atoms with Gasteiger partial charge in [0.05, 0.1) is 5.69 Å². The summed E-state index contributed by atoms with van der Waals surface area (Å²) in [4.78, 5) is 11.9. The Hall–Kier alpha value is -2.17. The minimum atomic E-state index is -0.326. The van der Waals surface area contributed by atoms with Gasteiger partial charge in [-0.05, 0) is 24.1 Å². The summed E-state index contributed by atoms with van der Waals surface area (Å²) >= 11 is 0. The Kier molecular flexibility index (Phi) is 4.73. The van der Waals surface area contributed by atoms with E-state index >= 15 is 0 Å². The highest BCUT2D eigenvalue weighted by atomic mass is 19.1. The van der Waals surface area contributed by atoms with Crippen molar-refractivity contribution in [3.05, 3.63) is 47.7 Å². The zero-order valence-corrected chi connectivity index (χ0v) is 13.0. The third-order valence-electron chi connectivity index (χ3n) is 3.41. The van der Waals surface area contributed by atoms with Crippen LogP contribution in [0.2, 0.25) is 0 Å². The first-order valence-corrected chi connectivity index (χ1v) is 6.99. The molecule has 4 nitrogen and oxygen atoms in total. The molecular formula is C16H21FN4. The Morgan fingerprint density at radius 2 is 1.71 bits per heavy atom. The van der Waals surface area contributed by atoms with E-state index in [-0.39, 0.29) is 5.82 Å². The molecule has 0 aliphatic rings. The largest absolute Gasteiger partial charge is 0.378 e. The van der Waals surface area contributed by atoms with Crippen LogP contribution >= 0.6 is 0 Å². The summed E-state index contributed by atoms with van der Waals surface area (Å²) in [5.41, 5.74) is 2.71. The second-order valence-electron chi connectivity index (χ2n) is 5.23. The molecule has 0 bridgehead atoms. The lowest BCUT2D eigenvalue weighted by molar-refractivity contribution is 0.588. The van der Waals surface area contributed by atoms with Gasteiger partial charge in [-0.2, -0.15) is 0 Å². The van der Waals surface area contributed by atoms with Gasteiger partial charge in [0.15, 0.2) is 11.6 Å². The zero-order valence-electron chi connectivity index (χ0n) is 13.0. The Balaban J connectivity index is 2.16. The van der Waals surface area contributed by atoms with Crippen LogP contribution in [0.15, 0.2) is 30.6 Å². The number of anilines is 2. The molecule has 0 amide bonds. The van der Waals surface area contributed by atoms with Crippen molar-refractivity contribution >= 4 is 11.5 Å². The van der Waals surface area contributed by atoms with Gasteiger partial charge in [0.1, 0.15) is 6.33 Å². The quantitative estimate of drug-likeness (QED) is 0.847. The Morgan fingerprint density at radius 3 is 2.29 bits per heavy atom. The first-order chi connectivity index (χ1) is 10.0. The van der Waals surface area contributed by atoms with Crippen molar-refractivity contribution in [3.63, 3.8) is 0 Å². The highest BCUT2D eigenvalue weighted by molar-refractivity contribution is 5.47. The van der Waals surface area contributed by atoms with Crippen molar-refractivity contribution in [1.29, 1.82) is 0 Å². The highest BCUT2D eigenvalue weighted by Gasteiger charge is 2.13. The number of aromatic nitrogens is 2. The number of benzene rings is 1. The summed E-state index contributed by atoms with van der Waals surface area (Å²) in [5.74, 6) is 0.0194. The molecule has 0 aliphatic heterocycles. The van der Waals surface area contributed by atoms with Gasteiger partial charge in [-0.25, -0.2) is 14.4 Å². The fourth-order valence-corrected chi connectivity index (χ4v) is 2.16. The molecule has 1 aromatic heterocycles. The van der Waals surface area contributed by atoms with Crippen LogP contribution in [0.3, 0.4) is 0 Å². The molecule has 0 unspecified atom stereocenters. The molecule has 0 saturated heterocycles. The van der Waals surface area contributed by atoms with E-state index in [0.717, 1.165) is 11.3 Å². The van der Waals surface area contributed by atoms with Crippen molar-refractivity contribution in [2.24, 2.45) is 0 Å². The van der Waals surface area contributed by atoms with Gasteiger partial charge < -0.3 is 9.80 Å². The van der Waals surface area contributed by atoms with Crippen molar-refractivity contribution in [3.8, 4) is 0 Å². The third kappa shape index (κ3) is 3.48. The van der Waals surface area contributed by atoms with Crippen molar-refractivity contribution in [2.75, 3.05) is 30.9 Å². The lowest BCUT2D eigenvalue weighted by Gasteiger charge is -2.20. The van der Waals surface area contributed by atoms with Crippen LogP contribution < -0.4 is 9.80 Å². The molecule has 21 heavy (non-hydrogen) atoms. The lowest BCUT2D eigenvalue weighted by Crippen LogP contribution is -2.20. The van der Waals surface area contributed by atoms with E-state index in [2.05, 4.69) is 22.1 Å². The minimum Gasteiger partial charge on any atom is -0.378 e. The van der Waals surface area contributed by atoms with E-state index in [1.807, 2.05) is 45.1 Å². The molecule has 0 aliphatic carbocycles. The second kappa shape index (κ2) is 6.52. The summed E-state index contributed by atoms with van der Waals surface area (Å²) in [6.45, 7) is 2.49. The minimum absolute atomic E-state index is 0.326. The van der Waals surface area contributed by atoms with Gasteiger partial charge in [-0.15, -0.1) is 0 Å². The average molecular weight is 288 g/mol. The van der Waals surface area contributed by atoms with Crippen molar-refractivity contribution < 1.29 is 4.39 Å². The molecule has 5 heteroatoms. The fourth-order valence-electron chi connectivity index (χ4n) is 2.16. The second-order valence-corrected chi connectivity index (χ2v) is 5.23. The van der Waals surface area contributed by atoms with Gasteiger partial charge in [0, 0.05) is 33.4 Å². The first-order valence-electron chi connectivity index (χ1n) is 6.99. The molecule has 0 saturated carbocycles. The van der Waals surface area contributed by atoms with E-state index in [0.29, 0.717) is 24.5 Å². The van der Waals surface area contributed by atoms with Crippen LogP contribution in [0.5, 0.6) is 0 Å². The number of hydrogen-bond acceptors (Lipinski definition) is 4. The average Bonchev–Trinajstić information content (AvgIpc) is 2.48. The van der Waals surface area contributed by atoms with Gasteiger partial charge in [0.25, 0.3) is 0 Å². The monoisotopic (exact) mass is 288 g/mol. The van der Waals surface area contributed by atoms with Crippen LogP contribution in [0.25, 0.3) is 0 Å². The predicted octanol–water partition coefficient (Wildman–Crippen LogP) is 2.88. The lowest BCUT2D eigenvalue weighted by atomic mass is 10.2. The predicted molar refractivity (Wildman–Crippen MR) is 84.2 cm³/mol. The summed E-state index contributed by atoms with van der Waals surface area (Å²) < 4.78 is 14.2. The van der Waals surface area contributed by atoms with Gasteiger partial charge >= 0.3 is 0 Å². The number of nitrogens with zero attached hydrogens (tertiary/aromatic N) is 4. The first kappa shape index (κ1) is 15.2. The number of hydrogen-bond donors (Lipinski definition) is 0. The van der Waals surface area contributed by atoms with E-state index in [4.69, 9.17) is 0 Å². The van der Waals surface area contributed by atoms with Crippen LogP contribution in [0.1, 0.15) is 18.2 Å². The van der Waals surface area contributed by atoms with Crippen LogP contribution in [-0.2, 0) is 13.0 Å². The Bertz CT molecular complexity index is 596. The van der Waals surface area contributed by atoms with Crippen LogP contribution in [-0.4, -0.2) is 31.1 Å². The standard InChI is InChI=1S/C16H21FN4/c1-5-14-15(17)16(19-11-18-14)21(4)10-12-6-8-13(9-7-12)20(2)3/h6-9,11H,5,10H2,1-4H3. The van der Waals surface area contributed by atoms with E-state index in [1.54, 1.807) is 4.90 Å². The maximum Gasteiger partial charge on any atom is 0.187 e. The summed E-state index contributed by atoms with van der Waals surface area (Å²) in [6.07, 6.45) is 1.98. The van der Waals surface area contributed by atoms with E-state index in [1.165, 1.54) is 6.33 Å². The molecular weight excluding hydrogens is 267 g/mol. The molecule has 1 aromatic carbocycles. The normalized spacial score (nSPS) is 10.5.